The predicted octanol–water partition coefficient (Wildman–Crippen LogP) is -4.46. The molecule has 0 aromatic heterocycles. The van der Waals surface area contributed by atoms with Crippen LogP contribution in [0.3, 0.4) is 0 Å². The second-order valence-electron chi connectivity index (χ2n) is 1.15. The summed E-state index contributed by atoms with van der Waals surface area (Å²) in [6.45, 7) is 4.30. The third-order valence-electron chi connectivity index (χ3n) is 0.373. The maximum atomic E-state index is 11.1. The van der Waals surface area contributed by atoms with Crippen LogP contribution in [0.1, 0.15) is 6.92 Å². The minimum atomic E-state index is -2.34. The van der Waals surface area contributed by atoms with E-state index in [4.69, 9.17) is 0 Å². The minimum absolute atomic E-state index is 0. The van der Waals surface area contributed by atoms with Crippen molar-refractivity contribution in [1.29, 1.82) is 0 Å². The zero-order valence-electron chi connectivity index (χ0n) is 4.92. The van der Waals surface area contributed by atoms with Gasteiger partial charge < -0.3 is 4.70 Å². The molecule has 0 aliphatic rings. The first-order valence-electron chi connectivity index (χ1n) is 1.58. The van der Waals surface area contributed by atoms with Crippen molar-refractivity contribution in [3.8, 4) is 0 Å². The molecule has 5 heteroatoms. The molecule has 0 aliphatic carbocycles. The SMILES string of the molecule is C=C(C)B(F)F.[F-].[K+]. The molecule has 0 saturated carbocycles. The van der Waals surface area contributed by atoms with Crippen LogP contribution in [0, 0.1) is 0 Å². The monoisotopic (exact) mass is 148 g/mol. The Morgan fingerprint density at radius 2 is 1.62 bits per heavy atom. The molecule has 0 heterocycles. The van der Waals surface area contributed by atoms with Crippen LogP contribution in [0.5, 0.6) is 0 Å². The summed E-state index contributed by atoms with van der Waals surface area (Å²) in [6, 6.07) is 0. The van der Waals surface area contributed by atoms with E-state index < -0.39 is 7.27 Å². The van der Waals surface area contributed by atoms with Gasteiger partial charge in [0.15, 0.2) is 0 Å². The molecule has 0 spiro atoms. The third-order valence-corrected chi connectivity index (χ3v) is 0.373. The zero-order chi connectivity index (χ0) is 5.15. The molecule has 0 fully saturated rings. The van der Waals surface area contributed by atoms with E-state index >= 15 is 0 Å². The van der Waals surface area contributed by atoms with Gasteiger partial charge in [-0.2, -0.15) is 0 Å². The van der Waals surface area contributed by atoms with E-state index in [-0.39, 0.29) is 61.6 Å². The second kappa shape index (κ2) is 8.23. The molecule has 0 radical (unpaired) electrons. The molecular weight excluding hydrogens is 143 g/mol. The molecule has 0 N–H and O–H groups in total. The van der Waals surface area contributed by atoms with Gasteiger partial charge in [0.2, 0.25) is 0 Å². The molecule has 0 bridgehead atoms. The van der Waals surface area contributed by atoms with Crippen molar-refractivity contribution in [2.75, 3.05) is 0 Å². The molecule has 0 rings (SSSR count). The van der Waals surface area contributed by atoms with Crippen LogP contribution in [-0.2, 0) is 0 Å². The summed E-state index contributed by atoms with van der Waals surface area (Å²) < 4.78 is 22.1. The summed E-state index contributed by atoms with van der Waals surface area (Å²) in [5, 5.41) is 0. The molecule has 8 heavy (non-hydrogen) atoms. The molecule has 0 amide bonds. The summed E-state index contributed by atoms with van der Waals surface area (Å²) >= 11 is 0. The minimum Gasteiger partial charge on any atom is -1.00 e. The van der Waals surface area contributed by atoms with Gasteiger partial charge in [-0.1, -0.05) is 0 Å². The second-order valence-corrected chi connectivity index (χ2v) is 1.15. The van der Waals surface area contributed by atoms with Gasteiger partial charge in [-0.25, -0.2) is 0 Å². The standard InChI is InChI=1S/C3H5BF2.FH.K/c1-3(2)4(5)6;;/h1H2,2H3;1H;/q;;+1/p-1. The van der Waals surface area contributed by atoms with Crippen LogP contribution >= 0.6 is 0 Å². The van der Waals surface area contributed by atoms with E-state index in [2.05, 4.69) is 6.58 Å². The van der Waals surface area contributed by atoms with Crippen molar-refractivity contribution in [2.45, 2.75) is 6.92 Å². The van der Waals surface area contributed by atoms with Gasteiger partial charge in [0, 0.05) is 0 Å². The summed E-state index contributed by atoms with van der Waals surface area (Å²) in [5.74, 6) is 0. The van der Waals surface area contributed by atoms with Gasteiger partial charge in [-0.05, 0) is 12.4 Å². The Morgan fingerprint density at radius 3 is 1.62 bits per heavy atom. The van der Waals surface area contributed by atoms with Crippen LogP contribution in [0.2, 0.25) is 0 Å². The van der Waals surface area contributed by atoms with E-state index in [0.717, 1.165) is 0 Å². The maximum absolute atomic E-state index is 11.1. The van der Waals surface area contributed by atoms with E-state index in [9.17, 15) is 8.63 Å². The fourth-order valence-electron chi connectivity index (χ4n) is 0. The van der Waals surface area contributed by atoms with Crippen LogP contribution in [-0.4, -0.2) is 7.27 Å². The topological polar surface area (TPSA) is 0 Å². The number of hydrogen-bond donors (Lipinski definition) is 0. The first-order chi connectivity index (χ1) is 2.64. The Bertz CT molecular complexity index is 65.5. The summed E-state index contributed by atoms with van der Waals surface area (Å²) in [6.07, 6.45) is 0. The summed E-state index contributed by atoms with van der Waals surface area (Å²) in [5.41, 5.74) is -0.0741. The van der Waals surface area contributed by atoms with Gasteiger partial charge in [-0.15, -0.1) is 6.58 Å². The molecule has 42 valence electrons. The number of hydrogen-bond acceptors (Lipinski definition) is 0. The Labute approximate surface area is 89.7 Å². The Kier molecular flexibility index (Phi) is 16.6. The number of halogens is 3. The predicted molar refractivity (Wildman–Crippen MR) is 22.8 cm³/mol. The fourth-order valence-corrected chi connectivity index (χ4v) is 0. The van der Waals surface area contributed by atoms with Gasteiger partial charge in [0.05, 0.1) is 0 Å². The molecule has 0 unspecified atom stereocenters. The van der Waals surface area contributed by atoms with Crippen molar-refractivity contribution in [3.63, 3.8) is 0 Å². The Morgan fingerprint density at radius 1 is 1.50 bits per heavy atom. The van der Waals surface area contributed by atoms with Crippen LogP contribution < -0.4 is 56.1 Å². The van der Waals surface area contributed by atoms with Crippen molar-refractivity contribution in [3.05, 3.63) is 12.1 Å². The molecule has 0 aliphatic heterocycles. The largest absolute Gasteiger partial charge is 1.00 e. The average molecular weight is 148 g/mol. The van der Waals surface area contributed by atoms with Gasteiger partial charge in [0.25, 0.3) is 0 Å². The molecule has 0 aromatic carbocycles. The fraction of sp³-hybridized carbons (Fsp3) is 0.333. The molecule has 0 saturated heterocycles. The Hall–Kier alpha value is 1.23. The summed E-state index contributed by atoms with van der Waals surface area (Å²) in [4.78, 5) is 0. The first kappa shape index (κ1) is 16.1. The van der Waals surface area contributed by atoms with E-state index in [1.165, 1.54) is 6.92 Å². The van der Waals surface area contributed by atoms with Gasteiger partial charge in [-0.3, -0.25) is 8.63 Å². The molecule has 0 nitrogen and oxygen atoms in total. The normalized spacial score (nSPS) is 5.88. The van der Waals surface area contributed by atoms with Gasteiger partial charge >= 0.3 is 58.7 Å². The van der Waals surface area contributed by atoms with Crippen LogP contribution in [0.4, 0.5) is 8.63 Å². The molecular formula is C3H5BF3K. The van der Waals surface area contributed by atoms with Gasteiger partial charge in [0.1, 0.15) is 0 Å². The quantitative estimate of drug-likeness (QED) is 0.329. The van der Waals surface area contributed by atoms with E-state index in [1.807, 2.05) is 0 Å². The van der Waals surface area contributed by atoms with Crippen LogP contribution in [0.15, 0.2) is 12.1 Å². The first-order valence-corrected chi connectivity index (χ1v) is 1.58. The zero-order valence-corrected chi connectivity index (χ0v) is 8.04. The van der Waals surface area contributed by atoms with Crippen LogP contribution in [0.25, 0.3) is 0 Å². The van der Waals surface area contributed by atoms with Crippen molar-refractivity contribution < 1.29 is 64.7 Å². The van der Waals surface area contributed by atoms with Crippen molar-refractivity contribution in [1.82, 2.24) is 0 Å². The smallest absolute Gasteiger partial charge is 1.00 e. The third kappa shape index (κ3) is 10.3. The number of rotatable bonds is 1. The van der Waals surface area contributed by atoms with E-state index in [1.54, 1.807) is 0 Å². The summed E-state index contributed by atoms with van der Waals surface area (Å²) in [7, 11) is -2.34. The van der Waals surface area contributed by atoms with Crippen molar-refractivity contribution in [2.24, 2.45) is 0 Å². The maximum Gasteiger partial charge on any atom is 1.00 e. The van der Waals surface area contributed by atoms with E-state index in [0.29, 0.717) is 0 Å². The average Bonchev–Trinajstić information content (AvgIpc) is 1.36. The Balaban J connectivity index is -0.000000125. The number of allylic oxidation sites excluding steroid dienone is 1. The van der Waals surface area contributed by atoms with Crippen molar-refractivity contribution >= 4 is 7.27 Å². The molecule has 0 atom stereocenters. The molecule has 0 aromatic rings.